The molecule has 1 aliphatic carbocycles. The third kappa shape index (κ3) is 4.25. The van der Waals surface area contributed by atoms with Crippen LogP contribution in [0, 0.1) is 17.8 Å². The minimum Gasteiger partial charge on any atom is -0.383 e. The Kier molecular flexibility index (Phi) is 6.65. The van der Waals surface area contributed by atoms with Crippen molar-refractivity contribution in [3.05, 3.63) is 0 Å². The largest absolute Gasteiger partial charge is 0.383 e. The number of carbonyl (C=O) groups is 1. The molecule has 0 bridgehead atoms. The van der Waals surface area contributed by atoms with Gasteiger partial charge in [0.25, 0.3) is 0 Å². The van der Waals surface area contributed by atoms with Gasteiger partial charge in [-0.25, -0.2) is 0 Å². The van der Waals surface area contributed by atoms with Gasteiger partial charge in [0.15, 0.2) is 0 Å². The zero-order valence-electron chi connectivity index (χ0n) is 11.9. The van der Waals surface area contributed by atoms with Crippen LogP contribution in [0.2, 0.25) is 0 Å². The van der Waals surface area contributed by atoms with E-state index in [4.69, 9.17) is 10.5 Å². The number of carbonyl (C=O) groups excluding carboxylic acids is 1. The molecule has 1 aliphatic rings. The fourth-order valence-corrected chi connectivity index (χ4v) is 2.71. The minimum absolute atomic E-state index is 0.0989. The zero-order valence-corrected chi connectivity index (χ0v) is 11.9. The predicted molar refractivity (Wildman–Crippen MR) is 73.1 cm³/mol. The van der Waals surface area contributed by atoms with Crippen LogP contribution in [-0.2, 0) is 9.53 Å². The first kappa shape index (κ1) is 15.4. The molecule has 0 heterocycles. The molecule has 1 amide bonds. The molecule has 4 heteroatoms. The molecule has 18 heavy (non-hydrogen) atoms. The molecule has 1 fully saturated rings. The molecular weight excluding hydrogens is 228 g/mol. The van der Waals surface area contributed by atoms with E-state index >= 15 is 0 Å². The van der Waals surface area contributed by atoms with Gasteiger partial charge in [-0.15, -0.1) is 0 Å². The zero-order chi connectivity index (χ0) is 13.5. The average molecular weight is 256 g/mol. The maximum Gasteiger partial charge on any atom is 0.223 e. The van der Waals surface area contributed by atoms with Crippen LogP contribution in [-0.4, -0.2) is 32.2 Å². The summed E-state index contributed by atoms with van der Waals surface area (Å²) < 4.78 is 5.17. The van der Waals surface area contributed by atoms with E-state index in [2.05, 4.69) is 19.2 Å². The first-order valence-corrected chi connectivity index (χ1v) is 7.09. The molecule has 0 radical (unpaired) electrons. The smallest absolute Gasteiger partial charge is 0.223 e. The third-order valence-corrected chi connectivity index (χ3v) is 4.03. The normalized spacial score (nSPS) is 26.1. The Balaban J connectivity index is 2.56. The quantitative estimate of drug-likeness (QED) is 0.757. The van der Waals surface area contributed by atoms with Crippen molar-refractivity contribution in [2.75, 3.05) is 20.3 Å². The second kappa shape index (κ2) is 7.74. The van der Waals surface area contributed by atoms with E-state index in [-0.39, 0.29) is 17.9 Å². The van der Waals surface area contributed by atoms with E-state index in [1.165, 1.54) is 6.42 Å². The highest BCUT2D eigenvalue weighted by Crippen LogP contribution is 2.29. The fourth-order valence-electron chi connectivity index (χ4n) is 2.71. The van der Waals surface area contributed by atoms with Gasteiger partial charge >= 0.3 is 0 Å². The maximum absolute atomic E-state index is 12.3. The van der Waals surface area contributed by atoms with Crippen LogP contribution < -0.4 is 11.1 Å². The molecule has 0 aromatic carbocycles. The monoisotopic (exact) mass is 256 g/mol. The summed E-state index contributed by atoms with van der Waals surface area (Å²) in [6.07, 6.45) is 4.42. The summed E-state index contributed by atoms with van der Waals surface area (Å²) in [5.41, 5.74) is 5.78. The Labute approximate surface area is 111 Å². The molecule has 3 unspecified atom stereocenters. The second-order valence-electron chi connectivity index (χ2n) is 5.70. The molecule has 3 atom stereocenters. The van der Waals surface area contributed by atoms with Gasteiger partial charge in [-0.3, -0.25) is 4.79 Å². The SMILES string of the molecule is COCC(NC(=O)C1CCCCC1CN)C(C)C. The fraction of sp³-hybridized carbons (Fsp3) is 0.929. The molecule has 1 rings (SSSR count). The average Bonchev–Trinajstić information content (AvgIpc) is 2.37. The lowest BCUT2D eigenvalue weighted by Crippen LogP contribution is -2.47. The summed E-state index contributed by atoms with van der Waals surface area (Å²) in [6, 6.07) is 0.0999. The first-order valence-electron chi connectivity index (χ1n) is 7.09. The van der Waals surface area contributed by atoms with Gasteiger partial charge in [0.05, 0.1) is 12.6 Å². The number of rotatable bonds is 6. The van der Waals surface area contributed by atoms with E-state index in [9.17, 15) is 4.79 Å². The third-order valence-electron chi connectivity index (χ3n) is 4.03. The molecule has 3 N–H and O–H groups in total. The lowest BCUT2D eigenvalue weighted by Gasteiger charge is -2.32. The molecule has 1 saturated carbocycles. The molecule has 0 aromatic rings. The maximum atomic E-state index is 12.3. The Morgan fingerprint density at radius 1 is 1.39 bits per heavy atom. The van der Waals surface area contributed by atoms with Gasteiger partial charge in [-0.1, -0.05) is 26.7 Å². The predicted octanol–water partition coefficient (Wildman–Crippen LogP) is 1.54. The van der Waals surface area contributed by atoms with E-state index < -0.39 is 0 Å². The van der Waals surface area contributed by atoms with Crippen molar-refractivity contribution >= 4 is 5.91 Å². The molecule has 0 saturated heterocycles. The van der Waals surface area contributed by atoms with Crippen LogP contribution >= 0.6 is 0 Å². The van der Waals surface area contributed by atoms with Crippen molar-refractivity contribution in [3.63, 3.8) is 0 Å². The van der Waals surface area contributed by atoms with Gasteiger partial charge in [-0.2, -0.15) is 0 Å². The number of nitrogens with one attached hydrogen (secondary N) is 1. The number of methoxy groups -OCH3 is 1. The second-order valence-corrected chi connectivity index (χ2v) is 5.70. The highest BCUT2D eigenvalue weighted by atomic mass is 16.5. The van der Waals surface area contributed by atoms with Crippen LogP contribution in [0.3, 0.4) is 0 Å². The van der Waals surface area contributed by atoms with E-state index in [0.717, 1.165) is 19.3 Å². The Hall–Kier alpha value is -0.610. The molecule has 0 aliphatic heterocycles. The van der Waals surface area contributed by atoms with Crippen molar-refractivity contribution in [3.8, 4) is 0 Å². The summed E-state index contributed by atoms with van der Waals surface area (Å²) in [7, 11) is 1.67. The molecule has 106 valence electrons. The lowest BCUT2D eigenvalue weighted by molar-refractivity contribution is -0.129. The van der Waals surface area contributed by atoms with Gasteiger partial charge in [-0.05, 0) is 31.2 Å². The van der Waals surface area contributed by atoms with E-state index in [0.29, 0.717) is 25.0 Å². The number of hydrogen-bond acceptors (Lipinski definition) is 3. The van der Waals surface area contributed by atoms with Gasteiger partial charge in [0.1, 0.15) is 0 Å². The van der Waals surface area contributed by atoms with Crippen LogP contribution in [0.15, 0.2) is 0 Å². The van der Waals surface area contributed by atoms with Crippen molar-refractivity contribution in [1.29, 1.82) is 0 Å². The first-order chi connectivity index (χ1) is 8.60. The van der Waals surface area contributed by atoms with E-state index in [1.807, 2.05) is 0 Å². The molecule has 4 nitrogen and oxygen atoms in total. The van der Waals surface area contributed by atoms with Crippen molar-refractivity contribution in [1.82, 2.24) is 5.32 Å². The summed E-state index contributed by atoms with van der Waals surface area (Å²) in [5.74, 6) is 1.01. The Morgan fingerprint density at radius 3 is 2.61 bits per heavy atom. The van der Waals surface area contributed by atoms with Crippen LogP contribution in [0.4, 0.5) is 0 Å². The molecule has 0 spiro atoms. The number of amides is 1. The van der Waals surface area contributed by atoms with Crippen molar-refractivity contribution in [2.45, 2.75) is 45.6 Å². The summed E-state index contributed by atoms with van der Waals surface area (Å²) in [5, 5.41) is 3.13. The Bertz CT molecular complexity index is 256. The summed E-state index contributed by atoms with van der Waals surface area (Å²) in [6.45, 7) is 5.40. The van der Waals surface area contributed by atoms with Crippen LogP contribution in [0.25, 0.3) is 0 Å². The van der Waals surface area contributed by atoms with Gasteiger partial charge < -0.3 is 15.8 Å². The lowest BCUT2D eigenvalue weighted by atomic mass is 9.78. The number of ether oxygens (including phenoxy) is 1. The molecular formula is C14H28N2O2. The number of hydrogen-bond donors (Lipinski definition) is 2. The standard InChI is InChI=1S/C14H28N2O2/c1-10(2)13(9-18-3)16-14(17)12-7-5-4-6-11(12)8-15/h10-13H,4-9,15H2,1-3H3,(H,16,17). The van der Waals surface area contributed by atoms with Crippen molar-refractivity contribution < 1.29 is 9.53 Å². The van der Waals surface area contributed by atoms with Crippen LogP contribution in [0.1, 0.15) is 39.5 Å². The summed E-state index contributed by atoms with van der Waals surface area (Å²) >= 11 is 0. The van der Waals surface area contributed by atoms with Crippen LogP contribution in [0.5, 0.6) is 0 Å². The summed E-state index contributed by atoms with van der Waals surface area (Å²) in [4.78, 5) is 12.3. The van der Waals surface area contributed by atoms with Crippen molar-refractivity contribution in [2.24, 2.45) is 23.5 Å². The Morgan fingerprint density at radius 2 is 2.06 bits per heavy atom. The van der Waals surface area contributed by atoms with Gasteiger partial charge in [0, 0.05) is 13.0 Å². The van der Waals surface area contributed by atoms with E-state index in [1.54, 1.807) is 7.11 Å². The topological polar surface area (TPSA) is 64.3 Å². The molecule has 0 aromatic heterocycles. The number of nitrogens with two attached hydrogens (primary N) is 1. The minimum atomic E-state index is 0.0989. The van der Waals surface area contributed by atoms with Gasteiger partial charge in [0.2, 0.25) is 5.91 Å². The highest BCUT2D eigenvalue weighted by Gasteiger charge is 2.31. The highest BCUT2D eigenvalue weighted by molar-refractivity contribution is 5.79.